The van der Waals surface area contributed by atoms with Crippen LogP contribution in [0.1, 0.15) is 37.8 Å². The molecule has 1 aliphatic rings. The minimum Gasteiger partial charge on any atom is -0.472 e. The number of hydroxylamine groups is 1. The Morgan fingerprint density at radius 1 is 1.00 bits per heavy atom. The smallest absolute Gasteiger partial charge is 0.438 e. The fourth-order valence-corrected chi connectivity index (χ4v) is 5.82. The van der Waals surface area contributed by atoms with Crippen LogP contribution >= 0.6 is 23.2 Å². The maximum atomic E-state index is 11.9. The Kier molecular flexibility index (Phi) is 11.4. The van der Waals surface area contributed by atoms with Crippen LogP contribution in [-0.4, -0.2) is 55.6 Å². The summed E-state index contributed by atoms with van der Waals surface area (Å²) in [5.41, 5.74) is 3.09. The molecule has 11 nitrogen and oxygen atoms in total. The minimum absolute atomic E-state index is 0.199. The van der Waals surface area contributed by atoms with Crippen molar-refractivity contribution >= 4 is 41.1 Å². The Morgan fingerprint density at radius 2 is 1.69 bits per heavy atom. The number of aromatic nitrogens is 5. The van der Waals surface area contributed by atoms with E-state index in [9.17, 15) is 9.90 Å². The monoisotopic (exact) mass is 704 g/mol. The summed E-state index contributed by atoms with van der Waals surface area (Å²) >= 11 is 11.8. The molecule has 1 N–H and O–H groups in total. The number of ether oxygens (including phenoxy) is 2. The number of hydrogen-bond acceptors (Lipinski definition) is 8. The Balaban J connectivity index is 0.000000195. The summed E-state index contributed by atoms with van der Waals surface area (Å²) < 4.78 is 13.9. The van der Waals surface area contributed by atoms with E-state index in [4.69, 9.17) is 37.5 Å². The number of halogens is 2. The van der Waals surface area contributed by atoms with Gasteiger partial charge in [0.05, 0.1) is 32.1 Å². The van der Waals surface area contributed by atoms with Crippen LogP contribution in [0.25, 0.3) is 11.8 Å². The van der Waals surface area contributed by atoms with Gasteiger partial charge in [-0.3, -0.25) is 4.84 Å². The molecule has 1 amide bonds. The van der Waals surface area contributed by atoms with Crippen molar-refractivity contribution in [3.63, 3.8) is 0 Å². The van der Waals surface area contributed by atoms with Gasteiger partial charge in [0, 0.05) is 27.9 Å². The van der Waals surface area contributed by atoms with Crippen molar-refractivity contribution in [2.24, 2.45) is 5.41 Å². The van der Waals surface area contributed by atoms with E-state index in [1.807, 2.05) is 48.5 Å². The molecule has 0 bridgehead atoms. The number of benzene rings is 3. The number of aliphatic hydroxyl groups is 1. The number of nitrogens with zero attached hydrogens (tertiary/aromatic N) is 6. The number of anilines is 1. The molecular formula is C36H38Cl2N6O5. The molecule has 2 heterocycles. The molecule has 1 unspecified atom stereocenters. The molecule has 1 saturated carbocycles. The maximum absolute atomic E-state index is 11.9. The van der Waals surface area contributed by atoms with Gasteiger partial charge in [-0.25, -0.2) is 19.1 Å². The molecule has 49 heavy (non-hydrogen) atoms. The molecule has 0 radical (unpaired) electrons. The van der Waals surface area contributed by atoms with E-state index in [0.717, 1.165) is 40.3 Å². The highest BCUT2D eigenvalue weighted by Crippen LogP contribution is 2.50. The van der Waals surface area contributed by atoms with Crippen LogP contribution in [0.2, 0.25) is 10.0 Å². The molecule has 0 saturated heterocycles. The van der Waals surface area contributed by atoms with Crippen molar-refractivity contribution < 1.29 is 24.2 Å². The third kappa shape index (κ3) is 8.49. The lowest BCUT2D eigenvalue weighted by molar-refractivity contribution is -0.0298. The summed E-state index contributed by atoms with van der Waals surface area (Å²) in [6.07, 6.45) is 8.19. The molecule has 256 valence electrons. The number of hydrogen-bond donors (Lipinski definition) is 1. The molecular weight excluding hydrogens is 667 g/mol. The fraction of sp³-hybridized carbons (Fsp3) is 0.278. The summed E-state index contributed by atoms with van der Waals surface area (Å²) in [6.45, 7) is 4.82. The predicted molar refractivity (Wildman–Crippen MR) is 189 cm³/mol. The molecule has 6 rings (SSSR count). The quantitative estimate of drug-likeness (QED) is 0.155. The zero-order chi connectivity index (χ0) is 35.0. The van der Waals surface area contributed by atoms with Crippen molar-refractivity contribution in [3.05, 3.63) is 124 Å². The molecule has 13 heteroatoms. The van der Waals surface area contributed by atoms with Crippen LogP contribution in [0, 0.1) is 5.41 Å². The van der Waals surface area contributed by atoms with Gasteiger partial charge in [0.2, 0.25) is 5.88 Å². The van der Waals surface area contributed by atoms with Crippen LogP contribution in [0.5, 0.6) is 5.88 Å². The van der Waals surface area contributed by atoms with E-state index in [1.165, 1.54) is 20.5 Å². The third-order valence-electron chi connectivity index (χ3n) is 8.50. The van der Waals surface area contributed by atoms with E-state index < -0.39 is 11.7 Å². The van der Waals surface area contributed by atoms with Gasteiger partial charge in [-0.15, -0.1) is 5.10 Å². The average molecular weight is 706 g/mol. The maximum Gasteiger partial charge on any atom is 0.438 e. The minimum atomic E-state index is -0.930. The highest BCUT2D eigenvalue weighted by Gasteiger charge is 2.51. The van der Waals surface area contributed by atoms with Crippen molar-refractivity contribution in [2.45, 2.75) is 45.4 Å². The Morgan fingerprint density at radius 3 is 2.35 bits per heavy atom. The van der Waals surface area contributed by atoms with Crippen LogP contribution in [0.15, 0.2) is 103 Å². The van der Waals surface area contributed by atoms with Gasteiger partial charge in [-0.2, -0.15) is 10.2 Å². The van der Waals surface area contributed by atoms with Gasteiger partial charge in [0.15, 0.2) is 0 Å². The summed E-state index contributed by atoms with van der Waals surface area (Å²) in [4.78, 5) is 21.0. The van der Waals surface area contributed by atoms with Crippen molar-refractivity contribution in [1.29, 1.82) is 0 Å². The Bertz CT molecular complexity index is 1860. The molecule has 1 atom stereocenters. The molecule has 1 aliphatic carbocycles. The van der Waals surface area contributed by atoms with Gasteiger partial charge in [-0.05, 0) is 71.9 Å². The fourth-order valence-electron chi connectivity index (χ4n) is 5.57. The lowest BCUT2D eigenvalue weighted by Gasteiger charge is -2.37. The van der Waals surface area contributed by atoms with E-state index in [0.29, 0.717) is 28.2 Å². The lowest BCUT2D eigenvalue weighted by Crippen LogP contribution is -2.45. The van der Waals surface area contributed by atoms with E-state index >= 15 is 0 Å². The molecule has 5 aromatic rings. The van der Waals surface area contributed by atoms with Crippen molar-refractivity contribution in [1.82, 2.24) is 24.5 Å². The topological polar surface area (TPSA) is 117 Å². The number of amides is 1. The number of methoxy groups -OCH3 is 1. The van der Waals surface area contributed by atoms with E-state index in [1.54, 1.807) is 52.2 Å². The Hall–Kier alpha value is -4.68. The SMILES string of the molecule is CC1(C)CC/C(=C\c2ccc(Cl)cc2)C1(O)Cn1cncn1.COC(=O)N(OC)c1ccccc1COc1ccn(-c2ccc(Cl)cc2)n1. The van der Waals surface area contributed by atoms with Crippen LogP contribution < -0.4 is 9.80 Å². The van der Waals surface area contributed by atoms with Gasteiger partial charge >= 0.3 is 6.09 Å². The molecule has 3 aromatic carbocycles. The first kappa shape index (κ1) is 35.6. The lowest BCUT2D eigenvalue weighted by atomic mass is 9.76. The third-order valence-corrected chi connectivity index (χ3v) is 9.01. The first-order valence-corrected chi connectivity index (χ1v) is 16.2. The first-order valence-electron chi connectivity index (χ1n) is 15.5. The van der Waals surface area contributed by atoms with Crippen molar-refractivity contribution in [2.75, 3.05) is 19.3 Å². The molecule has 2 aromatic heterocycles. The highest BCUT2D eigenvalue weighted by molar-refractivity contribution is 6.30. The number of rotatable bonds is 9. The molecule has 0 aliphatic heterocycles. The standard InChI is InChI=1S/C19H18ClN3O4.C17H20ClN3O/c1-25-19(24)23(26-2)17-6-4-3-5-14(17)13-27-18-11-12-22(21-18)16-9-7-15(20)8-10-16;1-16(2)8-7-14(9-13-3-5-15(18)6-4-13)17(16,22)10-21-12-19-11-20-21/h3-12H,13H2,1-2H3;3-6,9,11-12,22H,7-8,10H2,1-2H3/b;14-9+. The van der Waals surface area contributed by atoms with Crippen LogP contribution in [0.4, 0.5) is 10.5 Å². The van der Waals surface area contributed by atoms with Gasteiger partial charge < -0.3 is 14.6 Å². The second-order valence-electron chi connectivity index (χ2n) is 12.0. The number of carbonyl (C=O) groups is 1. The summed E-state index contributed by atoms with van der Waals surface area (Å²) in [6, 6.07) is 24.0. The second-order valence-corrected chi connectivity index (χ2v) is 12.9. The largest absolute Gasteiger partial charge is 0.472 e. The van der Waals surface area contributed by atoms with Gasteiger partial charge in [0.25, 0.3) is 0 Å². The number of carbonyl (C=O) groups excluding carboxylic acids is 1. The molecule has 0 spiro atoms. The Labute approximate surface area is 295 Å². The van der Waals surface area contributed by atoms with Crippen LogP contribution in [0.3, 0.4) is 0 Å². The highest BCUT2D eigenvalue weighted by atomic mass is 35.5. The van der Waals surface area contributed by atoms with E-state index in [2.05, 4.69) is 35.1 Å². The summed E-state index contributed by atoms with van der Waals surface area (Å²) in [7, 11) is 2.68. The average Bonchev–Trinajstić information content (AvgIpc) is 3.84. The van der Waals surface area contributed by atoms with Crippen molar-refractivity contribution in [3.8, 4) is 11.6 Å². The van der Waals surface area contributed by atoms with Gasteiger partial charge in [-0.1, -0.05) is 73.5 Å². The summed E-state index contributed by atoms with van der Waals surface area (Å²) in [5, 5.41) is 22.3. The number of para-hydroxylation sites is 1. The predicted octanol–water partition coefficient (Wildman–Crippen LogP) is 7.81. The normalized spacial score (nSPS) is 17.3. The zero-order valence-corrected chi connectivity index (χ0v) is 29.2. The van der Waals surface area contributed by atoms with E-state index in [-0.39, 0.29) is 12.0 Å². The zero-order valence-electron chi connectivity index (χ0n) is 27.7. The molecule has 1 fully saturated rings. The van der Waals surface area contributed by atoms with Crippen LogP contribution in [-0.2, 0) is 22.7 Å². The van der Waals surface area contributed by atoms with Gasteiger partial charge in [0.1, 0.15) is 24.9 Å². The summed E-state index contributed by atoms with van der Waals surface area (Å²) in [5.74, 6) is 0.446. The second kappa shape index (κ2) is 15.7. The first-order chi connectivity index (χ1) is 23.5.